The Morgan fingerprint density at radius 3 is 2.21 bits per heavy atom. The van der Waals surface area contributed by atoms with Gasteiger partial charge in [-0.25, -0.2) is 0 Å². The summed E-state index contributed by atoms with van der Waals surface area (Å²) in [7, 11) is 0. The largest absolute Gasteiger partial charge is 0.463 e. The molecule has 4 nitrogen and oxygen atoms in total. The molecule has 1 unspecified atom stereocenters. The maximum atomic E-state index is 11.7. The maximum absolute atomic E-state index is 11.7. The molecule has 1 atom stereocenters. The average molecular weight is 431 g/mol. The summed E-state index contributed by atoms with van der Waals surface area (Å²) in [5, 5.41) is 0.391. The predicted octanol–water partition coefficient (Wildman–Crippen LogP) is 4.71. The number of ether oxygens (including phenoxy) is 3. The number of hydrogen-bond donors (Lipinski definition) is 2. The zero-order valence-electron chi connectivity index (χ0n) is 17.2. The van der Waals surface area contributed by atoms with Crippen molar-refractivity contribution >= 4 is 31.2 Å². The number of thiol groups is 2. The highest BCUT2D eigenvalue weighted by molar-refractivity contribution is 7.81. The number of esters is 1. The first-order valence-corrected chi connectivity index (χ1v) is 12.4. The molecule has 0 spiro atoms. The molecule has 4 fully saturated rings. The smallest absolute Gasteiger partial charge is 0.305 e. The summed E-state index contributed by atoms with van der Waals surface area (Å²) in [6.07, 6.45) is 12.5. The van der Waals surface area contributed by atoms with Gasteiger partial charge in [-0.15, -0.1) is 0 Å². The lowest BCUT2D eigenvalue weighted by Crippen LogP contribution is -2.52. The summed E-state index contributed by atoms with van der Waals surface area (Å²) >= 11 is 8.71. The van der Waals surface area contributed by atoms with Gasteiger partial charge in [0.05, 0.1) is 25.4 Å². The van der Waals surface area contributed by atoms with Gasteiger partial charge in [-0.1, -0.05) is 6.42 Å². The predicted molar refractivity (Wildman–Crippen MR) is 118 cm³/mol. The van der Waals surface area contributed by atoms with Crippen molar-refractivity contribution in [3.05, 3.63) is 0 Å². The fourth-order valence-electron chi connectivity index (χ4n) is 5.86. The minimum absolute atomic E-state index is 0.127. The fourth-order valence-corrected chi connectivity index (χ4v) is 6.68. The molecule has 4 saturated carbocycles. The lowest BCUT2D eigenvalue weighted by Gasteiger charge is -2.56. The van der Waals surface area contributed by atoms with Crippen molar-refractivity contribution < 1.29 is 19.0 Å². The van der Waals surface area contributed by atoms with Gasteiger partial charge >= 0.3 is 5.97 Å². The van der Waals surface area contributed by atoms with Crippen LogP contribution in [0.25, 0.3) is 0 Å². The van der Waals surface area contributed by atoms with E-state index >= 15 is 0 Å². The summed E-state index contributed by atoms with van der Waals surface area (Å²) < 4.78 is 17.2. The van der Waals surface area contributed by atoms with Crippen molar-refractivity contribution in [2.75, 3.05) is 32.2 Å². The third-order valence-corrected chi connectivity index (χ3v) is 7.51. The Bertz CT molecular complexity index is 450. The summed E-state index contributed by atoms with van der Waals surface area (Å²) in [5.41, 5.74) is 0.156. The molecule has 0 aromatic carbocycles. The highest BCUT2D eigenvalue weighted by Gasteiger charge is 2.51. The molecule has 28 heavy (non-hydrogen) atoms. The van der Waals surface area contributed by atoms with Gasteiger partial charge in [0.2, 0.25) is 0 Å². The summed E-state index contributed by atoms with van der Waals surface area (Å²) in [4.78, 5) is 11.7. The van der Waals surface area contributed by atoms with Crippen LogP contribution in [-0.4, -0.2) is 49.0 Å². The number of rotatable bonds is 14. The minimum Gasteiger partial charge on any atom is -0.463 e. The van der Waals surface area contributed by atoms with Crippen LogP contribution in [0.1, 0.15) is 70.6 Å². The Labute approximate surface area is 181 Å². The van der Waals surface area contributed by atoms with E-state index < -0.39 is 0 Å². The second-order valence-electron chi connectivity index (χ2n) is 9.19. The number of carbonyl (C=O) groups excluding carboxylic acids is 1. The summed E-state index contributed by atoms with van der Waals surface area (Å²) in [6.45, 7) is 2.05. The molecule has 4 rings (SSSR count). The number of hydrogen-bond acceptors (Lipinski definition) is 6. The molecule has 0 aliphatic heterocycles. The van der Waals surface area contributed by atoms with E-state index in [4.69, 9.17) is 14.2 Å². The SMILES string of the molecule is O=C(CCCCC(S)CCS)OCCOCCOC12CC3CC(CC(C3)C1)C2. The van der Waals surface area contributed by atoms with Crippen molar-refractivity contribution in [1.29, 1.82) is 0 Å². The molecule has 0 N–H and O–H groups in total. The third kappa shape index (κ3) is 7.10. The van der Waals surface area contributed by atoms with E-state index in [0.29, 0.717) is 38.1 Å². The summed E-state index contributed by atoms with van der Waals surface area (Å²) in [6, 6.07) is 0. The maximum Gasteiger partial charge on any atom is 0.305 e. The third-order valence-electron chi connectivity index (χ3n) is 6.74. The van der Waals surface area contributed by atoms with Crippen molar-refractivity contribution in [3.63, 3.8) is 0 Å². The molecule has 6 heteroatoms. The van der Waals surface area contributed by atoms with Crippen LogP contribution in [0.2, 0.25) is 0 Å². The Balaban J connectivity index is 1.15. The molecule has 0 aromatic heterocycles. The van der Waals surface area contributed by atoms with Crippen molar-refractivity contribution in [1.82, 2.24) is 0 Å². The Morgan fingerprint density at radius 1 is 0.929 bits per heavy atom. The van der Waals surface area contributed by atoms with Crippen LogP contribution in [-0.2, 0) is 19.0 Å². The number of carbonyl (C=O) groups is 1. The molecule has 0 amide bonds. The molecule has 0 saturated heterocycles. The van der Waals surface area contributed by atoms with E-state index in [1.807, 2.05) is 0 Å². The van der Waals surface area contributed by atoms with Gasteiger partial charge in [0.15, 0.2) is 0 Å². The molecule has 4 aliphatic rings. The van der Waals surface area contributed by atoms with Crippen molar-refractivity contribution in [3.8, 4) is 0 Å². The first kappa shape index (κ1) is 22.8. The van der Waals surface area contributed by atoms with Gasteiger partial charge in [0, 0.05) is 11.7 Å². The van der Waals surface area contributed by atoms with E-state index in [2.05, 4.69) is 25.3 Å². The zero-order valence-corrected chi connectivity index (χ0v) is 18.9. The Morgan fingerprint density at radius 2 is 1.57 bits per heavy atom. The van der Waals surface area contributed by atoms with E-state index in [9.17, 15) is 4.79 Å². The van der Waals surface area contributed by atoms with Crippen molar-refractivity contribution in [2.24, 2.45) is 17.8 Å². The van der Waals surface area contributed by atoms with Gasteiger partial charge in [0.25, 0.3) is 0 Å². The first-order valence-electron chi connectivity index (χ1n) is 11.2. The highest BCUT2D eigenvalue weighted by Crippen LogP contribution is 2.57. The zero-order chi connectivity index (χ0) is 19.8. The first-order chi connectivity index (χ1) is 13.6. The quantitative estimate of drug-likeness (QED) is 0.238. The van der Waals surface area contributed by atoms with Crippen LogP contribution >= 0.6 is 25.3 Å². The molecule has 0 aromatic rings. The van der Waals surface area contributed by atoms with E-state index in [0.717, 1.165) is 49.2 Å². The minimum atomic E-state index is -0.127. The second-order valence-corrected chi connectivity index (χ2v) is 10.4. The van der Waals surface area contributed by atoms with Crippen LogP contribution in [0.5, 0.6) is 0 Å². The fraction of sp³-hybridized carbons (Fsp3) is 0.955. The van der Waals surface area contributed by atoms with Gasteiger partial charge in [-0.05, 0) is 81.3 Å². The van der Waals surface area contributed by atoms with Gasteiger partial charge in [-0.2, -0.15) is 25.3 Å². The van der Waals surface area contributed by atoms with E-state index in [1.165, 1.54) is 38.5 Å². The number of unbranched alkanes of at least 4 members (excludes halogenated alkanes) is 1. The molecule has 0 heterocycles. The molecule has 4 bridgehead atoms. The Kier molecular flexibility index (Phi) is 9.33. The molecular weight excluding hydrogens is 392 g/mol. The monoisotopic (exact) mass is 430 g/mol. The van der Waals surface area contributed by atoms with Crippen LogP contribution in [0.15, 0.2) is 0 Å². The molecule has 162 valence electrons. The van der Waals surface area contributed by atoms with Crippen LogP contribution in [0.3, 0.4) is 0 Å². The lowest BCUT2D eigenvalue weighted by atomic mass is 9.54. The van der Waals surface area contributed by atoms with Crippen molar-refractivity contribution in [2.45, 2.75) is 81.5 Å². The normalized spacial score (nSPS) is 31.9. The van der Waals surface area contributed by atoms with E-state index in [1.54, 1.807) is 0 Å². The van der Waals surface area contributed by atoms with Crippen LogP contribution in [0, 0.1) is 17.8 Å². The average Bonchev–Trinajstić information content (AvgIpc) is 2.63. The van der Waals surface area contributed by atoms with Gasteiger partial charge < -0.3 is 14.2 Å². The second kappa shape index (κ2) is 11.5. The van der Waals surface area contributed by atoms with Crippen LogP contribution < -0.4 is 0 Å². The topological polar surface area (TPSA) is 44.8 Å². The molecule has 4 aliphatic carbocycles. The standard InChI is InChI=1S/C22H38O4S2/c23-21(4-2-1-3-20(28)5-10-27)25-8-6-24-7-9-26-22-14-17-11-18(15-22)13-19(12-17)16-22/h17-20,27-28H,1-16H2. The van der Waals surface area contributed by atoms with Crippen LogP contribution in [0.4, 0.5) is 0 Å². The van der Waals surface area contributed by atoms with Gasteiger partial charge in [-0.3, -0.25) is 4.79 Å². The lowest BCUT2D eigenvalue weighted by molar-refractivity contribution is -0.169. The molecule has 0 radical (unpaired) electrons. The molecular formula is C22H38O4S2. The highest BCUT2D eigenvalue weighted by atomic mass is 32.1. The van der Waals surface area contributed by atoms with Gasteiger partial charge in [0.1, 0.15) is 6.61 Å². The Hall–Kier alpha value is 0.0900. The van der Waals surface area contributed by atoms with E-state index in [-0.39, 0.29) is 11.6 Å². The summed E-state index contributed by atoms with van der Waals surface area (Å²) in [5.74, 6) is 3.47.